The van der Waals surface area contributed by atoms with Crippen LogP contribution in [-0.4, -0.2) is 9.97 Å². The molecule has 0 aliphatic heterocycles. The lowest BCUT2D eigenvalue weighted by atomic mass is 10.1. The lowest BCUT2D eigenvalue weighted by Gasteiger charge is -2.06. The van der Waals surface area contributed by atoms with Gasteiger partial charge in [-0.15, -0.1) is 0 Å². The molecule has 0 amide bonds. The van der Waals surface area contributed by atoms with Crippen LogP contribution in [0.25, 0.3) is 22.4 Å². The first-order valence-corrected chi connectivity index (χ1v) is 6.69. The van der Waals surface area contributed by atoms with Gasteiger partial charge in [-0.25, -0.2) is 0 Å². The lowest BCUT2D eigenvalue weighted by molar-refractivity contribution is 1.12. The zero-order chi connectivity index (χ0) is 13.9. The largest absolute Gasteiger partial charge is 0.258 e. The topological polar surface area (TPSA) is 25.8 Å². The van der Waals surface area contributed by atoms with Crippen molar-refractivity contribution in [2.45, 2.75) is 13.8 Å². The van der Waals surface area contributed by atoms with Gasteiger partial charge in [0.1, 0.15) is 0 Å². The highest BCUT2D eigenvalue weighted by Gasteiger charge is 2.03. The molecule has 3 aromatic rings. The molecule has 0 unspecified atom stereocenters. The second-order valence-corrected chi connectivity index (χ2v) is 4.94. The van der Waals surface area contributed by atoms with Crippen LogP contribution < -0.4 is 0 Å². The van der Waals surface area contributed by atoms with Crippen molar-refractivity contribution >= 4 is 0 Å². The molecule has 0 atom stereocenters. The van der Waals surface area contributed by atoms with E-state index >= 15 is 0 Å². The number of benzene rings is 1. The van der Waals surface area contributed by atoms with Crippen molar-refractivity contribution in [3.05, 3.63) is 72.2 Å². The van der Waals surface area contributed by atoms with Crippen molar-refractivity contribution in [1.29, 1.82) is 0 Å². The van der Waals surface area contributed by atoms with Crippen molar-refractivity contribution in [3.63, 3.8) is 0 Å². The Hall–Kier alpha value is -2.48. The Morgan fingerprint density at radius 2 is 1.40 bits per heavy atom. The van der Waals surface area contributed by atoms with Gasteiger partial charge >= 0.3 is 0 Å². The molecule has 0 N–H and O–H groups in total. The van der Waals surface area contributed by atoms with Gasteiger partial charge < -0.3 is 0 Å². The normalized spacial score (nSPS) is 10.5. The molecule has 3 rings (SSSR count). The van der Waals surface area contributed by atoms with Crippen molar-refractivity contribution in [2.75, 3.05) is 0 Å². The predicted octanol–water partition coefficient (Wildman–Crippen LogP) is 4.43. The van der Waals surface area contributed by atoms with Crippen LogP contribution in [-0.2, 0) is 0 Å². The van der Waals surface area contributed by atoms with Crippen LogP contribution in [0.15, 0.2) is 60.8 Å². The molecule has 2 heterocycles. The van der Waals surface area contributed by atoms with Gasteiger partial charge in [0.25, 0.3) is 0 Å². The first kappa shape index (κ1) is 12.5. The Bertz CT molecular complexity index is 696. The molecule has 2 nitrogen and oxygen atoms in total. The van der Waals surface area contributed by atoms with E-state index in [-0.39, 0.29) is 0 Å². The first-order valence-electron chi connectivity index (χ1n) is 6.69. The fourth-order valence-electron chi connectivity index (χ4n) is 2.35. The lowest BCUT2D eigenvalue weighted by Crippen LogP contribution is -1.90. The molecule has 0 saturated carbocycles. The molecule has 2 aromatic heterocycles. The molecule has 0 fully saturated rings. The number of aromatic nitrogens is 2. The molecule has 0 aliphatic carbocycles. The van der Waals surface area contributed by atoms with Gasteiger partial charge in [-0.05, 0) is 37.6 Å². The monoisotopic (exact) mass is 260 g/mol. The van der Waals surface area contributed by atoms with Crippen LogP contribution in [0.5, 0.6) is 0 Å². The Morgan fingerprint density at radius 1 is 0.700 bits per heavy atom. The van der Waals surface area contributed by atoms with Gasteiger partial charge in [-0.3, -0.25) is 9.97 Å². The summed E-state index contributed by atoms with van der Waals surface area (Å²) in [6, 6.07) is 18.6. The maximum absolute atomic E-state index is 4.58. The van der Waals surface area contributed by atoms with Gasteiger partial charge in [0.15, 0.2) is 0 Å². The minimum Gasteiger partial charge on any atom is -0.258 e. The van der Waals surface area contributed by atoms with E-state index in [2.05, 4.69) is 46.4 Å². The summed E-state index contributed by atoms with van der Waals surface area (Å²) in [7, 11) is 0. The van der Waals surface area contributed by atoms with E-state index < -0.39 is 0 Å². The number of pyridine rings is 2. The number of aryl methyl sites for hydroxylation is 2. The van der Waals surface area contributed by atoms with E-state index in [1.165, 1.54) is 5.56 Å². The zero-order valence-corrected chi connectivity index (χ0v) is 11.7. The highest BCUT2D eigenvalue weighted by molar-refractivity contribution is 5.66. The molecule has 0 bridgehead atoms. The summed E-state index contributed by atoms with van der Waals surface area (Å²) < 4.78 is 0. The maximum atomic E-state index is 4.58. The van der Waals surface area contributed by atoms with E-state index in [0.717, 1.165) is 28.2 Å². The SMILES string of the molecule is Cc1cc(-c2ccc(-c3ccccc3)cn2)cc(C)n1. The summed E-state index contributed by atoms with van der Waals surface area (Å²) in [6.45, 7) is 4.02. The third-order valence-corrected chi connectivity index (χ3v) is 3.25. The molecular weight excluding hydrogens is 244 g/mol. The summed E-state index contributed by atoms with van der Waals surface area (Å²) in [6.07, 6.45) is 1.93. The molecule has 0 radical (unpaired) electrons. The summed E-state index contributed by atoms with van der Waals surface area (Å²) in [5.41, 5.74) is 6.47. The number of hydrogen-bond donors (Lipinski definition) is 0. The number of rotatable bonds is 2. The van der Waals surface area contributed by atoms with E-state index in [1.54, 1.807) is 0 Å². The third-order valence-electron chi connectivity index (χ3n) is 3.25. The van der Waals surface area contributed by atoms with Crippen LogP contribution in [0.1, 0.15) is 11.4 Å². The van der Waals surface area contributed by atoms with Crippen molar-refractivity contribution in [2.24, 2.45) is 0 Å². The number of hydrogen-bond acceptors (Lipinski definition) is 2. The van der Waals surface area contributed by atoms with Gasteiger partial charge in [0.2, 0.25) is 0 Å². The third kappa shape index (κ3) is 2.59. The van der Waals surface area contributed by atoms with Crippen LogP contribution in [0.3, 0.4) is 0 Å². The van der Waals surface area contributed by atoms with Gasteiger partial charge in [0, 0.05) is 28.7 Å². The quantitative estimate of drug-likeness (QED) is 0.681. The van der Waals surface area contributed by atoms with Gasteiger partial charge in [-0.1, -0.05) is 36.4 Å². The van der Waals surface area contributed by atoms with Gasteiger partial charge in [-0.2, -0.15) is 0 Å². The highest BCUT2D eigenvalue weighted by atomic mass is 14.7. The predicted molar refractivity (Wildman–Crippen MR) is 82.4 cm³/mol. The molecule has 20 heavy (non-hydrogen) atoms. The zero-order valence-electron chi connectivity index (χ0n) is 11.7. The maximum Gasteiger partial charge on any atom is 0.0703 e. The van der Waals surface area contributed by atoms with Crippen molar-refractivity contribution in [1.82, 2.24) is 9.97 Å². The Labute approximate surface area is 119 Å². The minimum atomic E-state index is 0.985. The second-order valence-electron chi connectivity index (χ2n) is 4.94. The smallest absolute Gasteiger partial charge is 0.0703 e. The van der Waals surface area contributed by atoms with Crippen LogP contribution in [0, 0.1) is 13.8 Å². The summed E-state index contributed by atoms with van der Waals surface area (Å²) in [5.74, 6) is 0. The molecule has 2 heteroatoms. The molecule has 0 aliphatic rings. The van der Waals surface area contributed by atoms with Crippen molar-refractivity contribution in [3.8, 4) is 22.4 Å². The Kier molecular flexibility index (Phi) is 3.30. The average Bonchev–Trinajstić information content (AvgIpc) is 2.47. The van der Waals surface area contributed by atoms with Gasteiger partial charge in [0.05, 0.1) is 5.69 Å². The molecular formula is C18H16N2. The van der Waals surface area contributed by atoms with E-state index in [0.29, 0.717) is 0 Å². The van der Waals surface area contributed by atoms with Crippen LogP contribution in [0.2, 0.25) is 0 Å². The highest BCUT2D eigenvalue weighted by Crippen LogP contribution is 2.23. The fraction of sp³-hybridized carbons (Fsp3) is 0.111. The van der Waals surface area contributed by atoms with E-state index in [1.807, 2.05) is 38.2 Å². The second kappa shape index (κ2) is 5.25. The summed E-state index contributed by atoms with van der Waals surface area (Å²) >= 11 is 0. The van der Waals surface area contributed by atoms with Crippen molar-refractivity contribution < 1.29 is 0 Å². The standard InChI is InChI=1S/C18H16N2/c1-13-10-17(11-14(2)20-13)18-9-8-16(12-19-18)15-6-4-3-5-7-15/h3-12H,1-2H3. The minimum absolute atomic E-state index is 0.985. The summed E-state index contributed by atoms with van der Waals surface area (Å²) in [4.78, 5) is 8.98. The average molecular weight is 260 g/mol. The molecule has 98 valence electrons. The molecule has 0 saturated heterocycles. The Balaban J connectivity index is 1.97. The fourth-order valence-corrected chi connectivity index (χ4v) is 2.35. The van der Waals surface area contributed by atoms with Crippen LogP contribution in [0.4, 0.5) is 0 Å². The number of nitrogens with zero attached hydrogens (tertiary/aromatic N) is 2. The molecule has 0 spiro atoms. The van der Waals surface area contributed by atoms with E-state index in [4.69, 9.17) is 0 Å². The van der Waals surface area contributed by atoms with Crippen LogP contribution >= 0.6 is 0 Å². The first-order chi connectivity index (χ1) is 9.72. The van der Waals surface area contributed by atoms with E-state index in [9.17, 15) is 0 Å². The Morgan fingerprint density at radius 3 is 2.00 bits per heavy atom. The molecule has 1 aromatic carbocycles. The summed E-state index contributed by atoms with van der Waals surface area (Å²) in [5, 5.41) is 0.